The Bertz CT molecular complexity index is 1170. The lowest BCUT2D eigenvalue weighted by atomic mass is 9.97. The molecule has 1 amide bonds. The van der Waals surface area contributed by atoms with Gasteiger partial charge in [-0.25, -0.2) is 9.47 Å². The number of ether oxygens (including phenoxy) is 1. The molecule has 32 heavy (non-hydrogen) atoms. The van der Waals surface area contributed by atoms with Gasteiger partial charge >= 0.3 is 5.69 Å². The lowest BCUT2D eigenvalue weighted by Crippen LogP contribution is -2.49. The van der Waals surface area contributed by atoms with Crippen LogP contribution in [0.4, 0.5) is 0 Å². The zero-order valence-corrected chi connectivity index (χ0v) is 19.1. The van der Waals surface area contributed by atoms with Gasteiger partial charge in [0.05, 0.1) is 18.1 Å². The molecule has 0 atom stereocenters. The molecule has 3 aromatic rings. The van der Waals surface area contributed by atoms with Gasteiger partial charge in [0.25, 0.3) is 5.91 Å². The van der Waals surface area contributed by atoms with E-state index in [-0.39, 0.29) is 17.6 Å². The minimum absolute atomic E-state index is 0.0755. The second kappa shape index (κ2) is 8.63. The van der Waals surface area contributed by atoms with E-state index >= 15 is 0 Å². The predicted octanol–water partition coefficient (Wildman–Crippen LogP) is 2.53. The summed E-state index contributed by atoms with van der Waals surface area (Å²) in [4.78, 5) is 30.8. The Kier molecular flexibility index (Phi) is 5.69. The molecule has 1 aromatic carbocycles. The maximum Gasteiger partial charge on any atom is 0.347 e. The van der Waals surface area contributed by atoms with Gasteiger partial charge in [0.15, 0.2) is 0 Å². The van der Waals surface area contributed by atoms with E-state index in [1.807, 2.05) is 45.2 Å². The summed E-state index contributed by atoms with van der Waals surface area (Å²) in [7, 11) is 1.61. The molecule has 4 heterocycles. The van der Waals surface area contributed by atoms with Crippen LogP contribution in [0.15, 0.2) is 40.5 Å². The molecule has 2 N–H and O–H groups in total. The van der Waals surface area contributed by atoms with Crippen molar-refractivity contribution < 1.29 is 9.53 Å². The number of carbonyl (C=O) groups excluding carboxylic acids is 1. The van der Waals surface area contributed by atoms with Crippen molar-refractivity contribution in [1.29, 1.82) is 0 Å². The van der Waals surface area contributed by atoms with Crippen LogP contribution in [-0.4, -0.2) is 64.3 Å². The van der Waals surface area contributed by atoms with Crippen molar-refractivity contribution in [3.05, 3.63) is 51.1 Å². The van der Waals surface area contributed by atoms with Gasteiger partial charge in [-0.1, -0.05) is 12.1 Å². The Hall–Kier alpha value is -2.78. The molecule has 0 radical (unpaired) electrons. The second-order valence-corrected chi connectivity index (χ2v) is 9.54. The van der Waals surface area contributed by atoms with Crippen LogP contribution in [0.3, 0.4) is 0 Å². The van der Waals surface area contributed by atoms with Gasteiger partial charge in [-0.15, -0.1) is 11.3 Å². The number of imidazole rings is 1. The minimum atomic E-state index is -0.138. The zero-order chi connectivity index (χ0) is 22.2. The first-order valence-electron chi connectivity index (χ1n) is 11.2. The molecule has 5 rings (SSSR count). The maximum absolute atomic E-state index is 12.9. The standard InChI is InChI=1S/C23H29N5O3S/c1-31-20-10-15-32-21(20)22(29)26-13-6-16(7-14-26)25-11-8-17(9-12-25)27-18-4-2-3-5-19(18)28(24)23(27)30/h2-5,10,15-17H,6-9,11-14,24H2,1H3. The van der Waals surface area contributed by atoms with Crippen LogP contribution in [0.5, 0.6) is 5.75 Å². The highest BCUT2D eigenvalue weighted by Gasteiger charge is 2.32. The third kappa shape index (κ3) is 3.59. The number of nitrogens with two attached hydrogens (primary N) is 1. The summed E-state index contributed by atoms with van der Waals surface area (Å²) < 4.78 is 8.46. The molecule has 2 aliphatic heterocycles. The first-order valence-corrected chi connectivity index (χ1v) is 12.1. The van der Waals surface area contributed by atoms with Crippen molar-refractivity contribution in [2.24, 2.45) is 0 Å². The fourth-order valence-electron chi connectivity index (χ4n) is 5.25. The summed E-state index contributed by atoms with van der Waals surface area (Å²) in [5, 5.41) is 1.90. The smallest absolute Gasteiger partial charge is 0.347 e. The number of likely N-dealkylation sites (tertiary alicyclic amines) is 2. The summed E-state index contributed by atoms with van der Waals surface area (Å²) in [6.07, 6.45) is 3.82. The predicted molar refractivity (Wildman–Crippen MR) is 126 cm³/mol. The summed E-state index contributed by atoms with van der Waals surface area (Å²) in [5.41, 5.74) is 1.55. The molecule has 0 saturated carbocycles. The van der Waals surface area contributed by atoms with Gasteiger partial charge in [0.1, 0.15) is 10.6 Å². The van der Waals surface area contributed by atoms with Crippen molar-refractivity contribution in [3.63, 3.8) is 0 Å². The number of carbonyl (C=O) groups is 1. The van der Waals surface area contributed by atoms with Crippen LogP contribution in [0.2, 0.25) is 0 Å². The number of hydrogen-bond acceptors (Lipinski definition) is 6. The Labute approximate surface area is 190 Å². The quantitative estimate of drug-likeness (QED) is 0.611. The molecule has 9 heteroatoms. The largest absolute Gasteiger partial charge is 0.495 e. The first-order chi connectivity index (χ1) is 15.6. The van der Waals surface area contributed by atoms with Crippen molar-refractivity contribution in [2.75, 3.05) is 39.1 Å². The van der Waals surface area contributed by atoms with Crippen LogP contribution in [0, 0.1) is 0 Å². The number of piperidine rings is 2. The number of amides is 1. The van der Waals surface area contributed by atoms with E-state index in [1.54, 1.807) is 7.11 Å². The second-order valence-electron chi connectivity index (χ2n) is 8.62. The molecule has 2 aliphatic rings. The van der Waals surface area contributed by atoms with Crippen LogP contribution in [0.25, 0.3) is 11.0 Å². The SMILES string of the molecule is COc1ccsc1C(=O)N1CCC(N2CCC(n3c(=O)n(N)c4ccccc43)CC2)CC1. The maximum atomic E-state index is 12.9. The Balaban J connectivity index is 1.20. The van der Waals surface area contributed by atoms with Crippen molar-refractivity contribution in [3.8, 4) is 5.75 Å². The Morgan fingerprint density at radius 3 is 2.34 bits per heavy atom. The number of methoxy groups -OCH3 is 1. The molecule has 0 unspecified atom stereocenters. The molecule has 8 nitrogen and oxygen atoms in total. The number of benzene rings is 1. The number of hydrogen-bond donors (Lipinski definition) is 1. The molecule has 170 valence electrons. The Morgan fingerprint density at radius 2 is 1.66 bits per heavy atom. The van der Waals surface area contributed by atoms with E-state index in [1.165, 1.54) is 16.0 Å². The molecule has 0 spiro atoms. The fourth-order valence-corrected chi connectivity index (χ4v) is 6.07. The highest BCUT2D eigenvalue weighted by molar-refractivity contribution is 7.12. The molecule has 2 fully saturated rings. The van der Waals surface area contributed by atoms with E-state index in [4.69, 9.17) is 10.6 Å². The van der Waals surface area contributed by atoms with Crippen LogP contribution >= 0.6 is 11.3 Å². The topological polar surface area (TPSA) is 85.7 Å². The lowest BCUT2D eigenvalue weighted by molar-refractivity contribution is 0.0559. The normalized spacial score (nSPS) is 19.0. The molecular formula is C23H29N5O3S. The monoisotopic (exact) mass is 455 g/mol. The van der Waals surface area contributed by atoms with E-state index in [0.717, 1.165) is 62.9 Å². The van der Waals surface area contributed by atoms with E-state index in [0.29, 0.717) is 16.7 Å². The van der Waals surface area contributed by atoms with Gasteiger partial charge in [-0.3, -0.25) is 9.36 Å². The van der Waals surface area contributed by atoms with E-state index < -0.39 is 0 Å². The number of aromatic nitrogens is 2. The number of para-hydroxylation sites is 2. The molecule has 2 saturated heterocycles. The highest BCUT2D eigenvalue weighted by Crippen LogP contribution is 2.30. The van der Waals surface area contributed by atoms with Gasteiger partial charge in [0.2, 0.25) is 0 Å². The summed E-state index contributed by atoms with van der Waals surface area (Å²) in [6.45, 7) is 3.45. The van der Waals surface area contributed by atoms with Gasteiger partial charge < -0.3 is 20.4 Å². The molecule has 2 aromatic heterocycles. The van der Waals surface area contributed by atoms with Gasteiger partial charge in [-0.2, -0.15) is 0 Å². The molecule has 0 aliphatic carbocycles. The van der Waals surface area contributed by atoms with Gasteiger partial charge in [-0.05, 0) is 49.3 Å². The average Bonchev–Trinajstić information content (AvgIpc) is 3.42. The minimum Gasteiger partial charge on any atom is -0.495 e. The van der Waals surface area contributed by atoms with Crippen LogP contribution in [0.1, 0.15) is 41.4 Å². The number of fused-ring (bicyclic) bond motifs is 1. The van der Waals surface area contributed by atoms with Crippen LogP contribution < -0.4 is 16.3 Å². The number of nitrogen functional groups attached to an aromatic ring is 1. The number of thiophene rings is 1. The summed E-state index contributed by atoms with van der Waals surface area (Å²) >= 11 is 1.44. The van der Waals surface area contributed by atoms with E-state index in [2.05, 4.69) is 4.90 Å². The van der Waals surface area contributed by atoms with E-state index in [9.17, 15) is 9.59 Å². The lowest BCUT2D eigenvalue weighted by Gasteiger charge is -2.41. The Morgan fingerprint density at radius 1 is 1.00 bits per heavy atom. The number of nitrogens with zero attached hydrogens (tertiary/aromatic N) is 4. The summed E-state index contributed by atoms with van der Waals surface area (Å²) in [5.74, 6) is 6.75. The zero-order valence-electron chi connectivity index (χ0n) is 18.3. The molecule has 0 bridgehead atoms. The molecular weight excluding hydrogens is 426 g/mol. The van der Waals surface area contributed by atoms with Gasteiger partial charge in [0, 0.05) is 38.3 Å². The number of rotatable bonds is 4. The summed E-state index contributed by atoms with van der Waals surface area (Å²) in [6, 6.07) is 10.2. The van der Waals surface area contributed by atoms with Crippen molar-refractivity contribution in [1.82, 2.24) is 19.0 Å². The third-order valence-electron chi connectivity index (χ3n) is 6.99. The fraction of sp³-hybridized carbons (Fsp3) is 0.478. The first kappa shape index (κ1) is 21.1. The average molecular weight is 456 g/mol. The van der Waals surface area contributed by atoms with Crippen molar-refractivity contribution in [2.45, 2.75) is 37.8 Å². The van der Waals surface area contributed by atoms with Crippen LogP contribution in [-0.2, 0) is 0 Å². The van der Waals surface area contributed by atoms with Crippen molar-refractivity contribution >= 4 is 28.3 Å². The third-order valence-corrected chi connectivity index (χ3v) is 7.87. The highest BCUT2D eigenvalue weighted by atomic mass is 32.1.